The number of alkyl halides is 5. The third kappa shape index (κ3) is 31.8. The van der Waals surface area contributed by atoms with Crippen molar-refractivity contribution >= 4 is 146 Å². The Kier molecular flexibility index (Phi) is 36.5. The van der Waals surface area contributed by atoms with Gasteiger partial charge in [0.05, 0.1) is 90.3 Å². The number of anilines is 4. The molecule has 6 aromatic rings. The van der Waals surface area contributed by atoms with E-state index in [1.165, 1.54) is 69.7 Å². The number of aromatic nitrogens is 6. The molecule has 0 bridgehead atoms. The number of sulfonamides is 1. The fourth-order valence-corrected chi connectivity index (χ4v) is 9.03. The Labute approximate surface area is 594 Å². The number of amides is 4. The van der Waals surface area contributed by atoms with Gasteiger partial charge in [-0.3, -0.25) is 25.0 Å². The van der Waals surface area contributed by atoms with Crippen LogP contribution in [0.15, 0.2) is 90.1 Å². The maximum Gasteiger partial charge on any atom is 0.416 e. The third-order valence-corrected chi connectivity index (χ3v) is 14.0. The Morgan fingerprint density at radius 3 is 1.98 bits per heavy atom. The van der Waals surface area contributed by atoms with Crippen LogP contribution in [-0.4, -0.2) is 190 Å². The number of fused-ring (bicyclic) bond motifs is 1. The molecule has 3 aromatic heterocycles. The Morgan fingerprint density at radius 1 is 0.848 bits per heavy atom. The lowest BCUT2D eigenvalue weighted by Crippen LogP contribution is -2.47. The standard InChI is InChI=1S/C17H11Cl2F3O5.C15H18N6O6S.C11H11Cl2NO2.C8H14ClN5.C3H8NO5P.C3H9S/c1-8(15(23)24)26-16(25)11-7-10(3-4-12(11)18)27-14-5-2-9(6-13(14)19)17(20,21)22;1-21(2)13(22)9-6-5-7-16-12(9)28(24,25)20-15(23)19-14-17-10(26-3)8-11(18-14)27-4;1-7-6-16-9-5-3-2-4-8(9)14(7)11(15)10(12)13;1-4-10-7-12-6(9)13-8(14-7)11-5(2)3;5-3(6)1-4-2-10(7,8)9;1-4(2)3/h2-8H,1H3,(H,23,24);5-8H,1-4H3,(H2,17,18,19,20,23);2-5,7,10H,6H2,1H3;5H,4H2,1-3H3,(H2,10,11,12,13,14);4H,1-2H2,(H,5,6)(H2,7,8,9);1-3H3/q;;;;;+1/p-1/t8-;;;;;/m0...../s1. The maximum absolute atomic E-state index is 12.7. The molecule has 0 radical (unpaired) electrons. The van der Waals surface area contributed by atoms with Crippen molar-refractivity contribution in [3.05, 3.63) is 117 Å². The average Bonchev–Trinajstić information content (AvgIpc) is 0.810. The number of ether oxygens (including phenoxy) is 5. The highest BCUT2D eigenvalue weighted by atomic mass is 35.5. The van der Waals surface area contributed by atoms with Gasteiger partial charge >= 0.3 is 30.1 Å². The number of methoxy groups -OCH3 is 2. The van der Waals surface area contributed by atoms with Gasteiger partial charge in [0, 0.05) is 32.9 Å². The van der Waals surface area contributed by atoms with E-state index in [2.05, 4.69) is 64.6 Å². The van der Waals surface area contributed by atoms with Crippen LogP contribution >= 0.6 is 65.6 Å². The molecule has 8 N–H and O–H groups in total. The van der Waals surface area contributed by atoms with Gasteiger partial charge < -0.3 is 68.7 Å². The Bertz CT molecular complexity index is 3850. The number of aliphatic carboxylic acids is 2. The van der Waals surface area contributed by atoms with Gasteiger partial charge in [-0.1, -0.05) is 58.5 Å². The van der Waals surface area contributed by atoms with Gasteiger partial charge in [0.1, 0.15) is 31.5 Å². The van der Waals surface area contributed by atoms with Crippen LogP contribution in [0.1, 0.15) is 60.9 Å². The molecule has 4 amide bonds. The number of esters is 1. The number of carbonyl (C=O) groups excluding carboxylic acids is 4. The number of hydrogen-bond donors (Lipinski definition) is 8. The van der Waals surface area contributed by atoms with Gasteiger partial charge in [-0.25, -0.2) is 24.1 Å². The molecule has 7 rings (SSSR count). The van der Waals surface area contributed by atoms with E-state index in [1.54, 1.807) is 9.62 Å². The lowest BCUT2D eigenvalue weighted by atomic mass is 10.1. The SMILES string of the molecule is CC1COc2ccccc2N1C(=O)C(Cl)Cl.CCNc1nc(Cl)nc(NC(C)C)n1.COc1cc(OC)nc(NC(=O)NS(=O)(=O)c2ncccc2C(=O)N(C)C)n1.C[C@H](OC(=O)c1cc(Oc2ccc(C(F)(F)F)cc2Cl)ccc1Cl)C(=O)O.C[S+](C)C.O=C(O)CNCP(=O)([O-])O. The van der Waals surface area contributed by atoms with E-state index >= 15 is 0 Å². The first-order valence-corrected chi connectivity index (χ1v) is 35.7. The average molecular weight is 1550 g/mol. The molecular weight excluding hydrogens is 1480 g/mol. The highest BCUT2D eigenvalue weighted by Gasteiger charge is 2.33. The second-order valence-corrected chi connectivity index (χ2v) is 28.1. The van der Waals surface area contributed by atoms with Crippen LogP contribution in [0, 0.1) is 0 Å². The summed E-state index contributed by atoms with van der Waals surface area (Å²) in [7, 11) is -2.56. The van der Waals surface area contributed by atoms with Crippen LogP contribution in [0.5, 0.6) is 29.0 Å². The number of benzene rings is 3. The fraction of sp³-hybridized carbons (Fsp3) is 0.368. The molecule has 1 aliphatic rings. The number of carboxylic acids is 2. The van der Waals surface area contributed by atoms with E-state index in [4.69, 9.17) is 96.8 Å². The predicted octanol–water partition coefficient (Wildman–Crippen LogP) is 8.57. The largest absolute Gasteiger partial charge is 0.778 e. The molecule has 4 heterocycles. The first kappa shape index (κ1) is 87.1. The van der Waals surface area contributed by atoms with Crippen LogP contribution in [0.4, 0.5) is 41.5 Å². The van der Waals surface area contributed by atoms with Crippen molar-refractivity contribution in [1.82, 2.24) is 44.8 Å². The lowest BCUT2D eigenvalue weighted by molar-refractivity contribution is -0.193. The summed E-state index contributed by atoms with van der Waals surface area (Å²) in [6.07, 6.45) is 1.11. The summed E-state index contributed by atoms with van der Waals surface area (Å²) in [4.78, 5) is 112. The molecule has 2 unspecified atom stereocenters. The van der Waals surface area contributed by atoms with Crippen LogP contribution < -0.4 is 54.7 Å². The number of rotatable bonds is 20. The number of pyridine rings is 1. The third-order valence-electron chi connectivity index (χ3n) is 10.9. The summed E-state index contributed by atoms with van der Waals surface area (Å²) in [6.45, 7) is 9.75. The molecule has 0 saturated heterocycles. The zero-order chi connectivity index (χ0) is 75.3. The van der Waals surface area contributed by atoms with Crippen molar-refractivity contribution in [2.75, 3.05) is 93.9 Å². The van der Waals surface area contributed by atoms with Gasteiger partial charge in [0.25, 0.3) is 21.8 Å². The van der Waals surface area contributed by atoms with Gasteiger partial charge in [-0.05, 0) is 118 Å². The topological polar surface area (TPSA) is 428 Å². The number of carboxylic acid groups (broad SMARTS) is 2. The molecule has 99 heavy (non-hydrogen) atoms. The summed E-state index contributed by atoms with van der Waals surface area (Å²) in [5, 5.41) is 26.2. The molecule has 3 atom stereocenters. The fourth-order valence-electron chi connectivity index (χ4n) is 6.82. The smallest absolute Gasteiger partial charge is 0.416 e. The minimum absolute atomic E-state index is 0.0246. The molecule has 544 valence electrons. The highest BCUT2D eigenvalue weighted by molar-refractivity contribution is 7.94. The normalized spacial score (nSPS) is 13.0. The molecule has 0 spiro atoms. The van der Waals surface area contributed by atoms with Gasteiger partial charge in [0.15, 0.2) is 16.0 Å². The zero-order valence-corrected chi connectivity index (χ0v) is 60.9. The summed E-state index contributed by atoms with van der Waals surface area (Å²) < 4.78 is 100. The van der Waals surface area contributed by atoms with Gasteiger partial charge in [-0.15, -0.1) is 0 Å². The highest BCUT2D eigenvalue weighted by Crippen LogP contribution is 2.38. The number of nitrogens with one attached hydrogen (secondary N) is 5. The van der Waals surface area contributed by atoms with E-state index in [9.17, 15) is 59.8 Å². The van der Waals surface area contributed by atoms with E-state index < -0.39 is 88.0 Å². The number of carbonyl (C=O) groups is 6. The van der Waals surface area contributed by atoms with Gasteiger partial charge in [-0.2, -0.15) is 46.5 Å². The van der Waals surface area contributed by atoms with E-state index in [0.717, 1.165) is 37.4 Å². The number of halogens is 8. The van der Waals surface area contributed by atoms with E-state index in [-0.39, 0.29) is 73.7 Å². The quantitative estimate of drug-likeness (QED) is 0.0153. The van der Waals surface area contributed by atoms with Crippen molar-refractivity contribution in [3.8, 4) is 29.0 Å². The van der Waals surface area contributed by atoms with E-state index in [0.29, 0.717) is 41.2 Å². The molecule has 42 heteroatoms. The first-order chi connectivity index (χ1) is 46.0. The zero-order valence-electron chi connectivity index (χ0n) is 54.6. The number of hydrogen-bond acceptors (Lipinski definition) is 24. The predicted molar refractivity (Wildman–Crippen MR) is 365 cm³/mol. The Morgan fingerprint density at radius 2 is 1.45 bits per heavy atom. The number of para-hydroxylation sites is 2. The molecule has 0 aliphatic carbocycles. The second-order valence-electron chi connectivity index (χ2n) is 20.2. The molecule has 3 aromatic carbocycles. The van der Waals surface area contributed by atoms with Crippen molar-refractivity contribution in [2.45, 2.75) is 68.8 Å². The van der Waals surface area contributed by atoms with Crippen molar-refractivity contribution in [3.63, 3.8) is 0 Å². The van der Waals surface area contributed by atoms with Crippen LogP contribution in [0.3, 0.4) is 0 Å². The number of urea groups is 1. The van der Waals surface area contributed by atoms with E-state index in [1.807, 2.05) is 57.3 Å². The summed E-state index contributed by atoms with van der Waals surface area (Å²) in [5.41, 5.74) is -0.585. The van der Waals surface area contributed by atoms with Crippen LogP contribution in [-0.2, 0) is 50.8 Å². The van der Waals surface area contributed by atoms with Crippen LogP contribution in [0.2, 0.25) is 15.3 Å². The summed E-state index contributed by atoms with van der Waals surface area (Å²) in [5.74, 6) is -2.86. The molecule has 0 fully saturated rings. The Balaban J connectivity index is 0.000000433. The first-order valence-electron chi connectivity index (χ1n) is 28.0. The Hall–Kier alpha value is -8.03. The molecule has 31 nitrogen and oxygen atoms in total. The van der Waals surface area contributed by atoms with Crippen LogP contribution in [0.25, 0.3) is 0 Å². The number of nitrogens with zero attached hydrogens (tertiary/aromatic N) is 8. The molecular formula is C57H70Cl5F3N13O18PS2. The monoisotopic (exact) mass is 1550 g/mol. The lowest BCUT2D eigenvalue weighted by Gasteiger charge is -2.35. The second kappa shape index (κ2) is 41.5. The van der Waals surface area contributed by atoms with Crippen molar-refractivity contribution in [2.24, 2.45) is 0 Å². The minimum atomic E-state index is -4.56. The molecule has 1 aliphatic heterocycles. The van der Waals surface area contributed by atoms with Gasteiger partial charge in [0.2, 0.25) is 34.9 Å². The maximum atomic E-state index is 12.7. The van der Waals surface area contributed by atoms with Crippen molar-refractivity contribution < 1.29 is 98.6 Å². The minimum Gasteiger partial charge on any atom is -0.778 e. The molecule has 0 saturated carbocycles. The summed E-state index contributed by atoms with van der Waals surface area (Å²) in [6, 6.07) is 16.8. The summed E-state index contributed by atoms with van der Waals surface area (Å²) >= 11 is 28.7. The van der Waals surface area contributed by atoms with Crippen molar-refractivity contribution in [1.29, 1.82) is 0 Å².